The van der Waals surface area contributed by atoms with Crippen LogP contribution in [0.3, 0.4) is 0 Å². The van der Waals surface area contributed by atoms with Gasteiger partial charge in [-0.25, -0.2) is 8.78 Å². The Kier molecular flexibility index (Phi) is 3.77. The van der Waals surface area contributed by atoms with Crippen molar-refractivity contribution in [3.05, 3.63) is 35.4 Å². The van der Waals surface area contributed by atoms with Gasteiger partial charge in [-0.3, -0.25) is 0 Å². The van der Waals surface area contributed by atoms with E-state index in [1.807, 2.05) is 6.07 Å². The van der Waals surface area contributed by atoms with E-state index in [0.717, 1.165) is 31.5 Å². The van der Waals surface area contributed by atoms with Gasteiger partial charge in [0, 0.05) is 18.5 Å². The van der Waals surface area contributed by atoms with E-state index < -0.39 is 5.92 Å². The Morgan fingerprint density at radius 3 is 2.88 bits per heavy atom. The molecular formula is C14H19F2N. The van der Waals surface area contributed by atoms with Crippen molar-refractivity contribution in [2.45, 2.75) is 38.0 Å². The van der Waals surface area contributed by atoms with Crippen LogP contribution in [-0.2, 0) is 5.92 Å². The summed E-state index contributed by atoms with van der Waals surface area (Å²) < 4.78 is 27.2. The minimum absolute atomic E-state index is 0.140. The van der Waals surface area contributed by atoms with E-state index in [1.54, 1.807) is 12.1 Å². The molecule has 94 valence electrons. The van der Waals surface area contributed by atoms with E-state index in [2.05, 4.69) is 5.32 Å². The largest absolute Gasteiger partial charge is 0.316 e. The van der Waals surface area contributed by atoms with Gasteiger partial charge in [-0.15, -0.1) is 0 Å². The maximum Gasteiger partial charge on any atom is 0.273 e. The molecule has 17 heavy (non-hydrogen) atoms. The lowest BCUT2D eigenvalue weighted by Gasteiger charge is -2.24. The molecule has 1 aliphatic heterocycles. The Bertz CT molecular complexity index is 370. The maximum absolute atomic E-state index is 13.6. The third kappa shape index (κ3) is 2.83. The number of halogens is 2. The minimum atomic E-state index is -2.70. The van der Waals surface area contributed by atoms with Crippen LogP contribution in [0, 0.1) is 0 Å². The van der Waals surface area contributed by atoms with E-state index in [-0.39, 0.29) is 12.0 Å². The molecule has 0 saturated carbocycles. The molecule has 0 aliphatic carbocycles. The fraction of sp³-hybridized carbons (Fsp3) is 0.571. The average molecular weight is 239 g/mol. The quantitative estimate of drug-likeness (QED) is 0.849. The summed E-state index contributed by atoms with van der Waals surface area (Å²) in [6.07, 6.45) is 2.08. The Morgan fingerprint density at radius 1 is 1.41 bits per heavy atom. The smallest absolute Gasteiger partial charge is 0.273 e. The molecule has 0 amide bonds. The van der Waals surface area contributed by atoms with Gasteiger partial charge in [-0.2, -0.15) is 0 Å². The molecule has 1 N–H and O–H groups in total. The van der Waals surface area contributed by atoms with Crippen LogP contribution in [0.2, 0.25) is 0 Å². The zero-order valence-corrected chi connectivity index (χ0v) is 10.2. The molecule has 1 aliphatic rings. The predicted octanol–water partition coefficient (Wildman–Crippen LogP) is 3.66. The van der Waals surface area contributed by atoms with Crippen LogP contribution in [0.15, 0.2) is 24.3 Å². The van der Waals surface area contributed by atoms with Crippen molar-refractivity contribution in [1.82, 2.24) is 5.32 Å². The van der Waals surface area contributed by atoms with Gasteiger partial charge >= 0.3 is 0 Å². The molecule has 0 bridgehead atoms. The zero-order chi connectivity index (χ0) is 12.3. The van der Waals surface area contributed by atoms with Gasteiger partial charge in [0.15, 0.2) is 0 Å². The summed E-state index contributed by atoms with van der Waals surface area (Å²) in [5.41, 5.74) is 1.20. The van der Waals surface area contributed by atoms with Crippen molar-refractivity contribution in [1.29, 1.82) is 0 Å². The van der Waals surface area contributed by atoms with Gasteiger partial charge in [0.2, 0.25) is 0 Å². The first kappa shape index (κ1) is 12.5. The lowest BCUT2D eigenvalue weighted by molar-refractivity contribution is -0.00838. The summed E-state index contributed by atoms with van der Waals surface area (Å²) in [4.78, 5) is 0. The zero-order valence-electron chi connectivity index (χ0n) is 10.2. The highest BCUT2D eigenvalue weighted by molar-refractivity contribution is 5.29. The average Bonchev–Trinajstić information content (AvgIpc) is 2.40. The first-order chi connectivity index (χ1) is 8.13. The molecule has 1 nitrogen and oxygen atoms in total. The van der Waals surface area contributed by atoms with Gasteiger partial charge in [0.25, 0.3) is 5.92 Å². The van der Waals surface area contributed by atoms with Crippen molar-refractivity contribution in [2.24, 2.45) is 0 Å². The van der Waals surface area contributed by atoms with Gasteiger partial charge in [-0.1, -0.05) is 25.1 Å². The molecule has 1 heterocycles. The maximum atomic E-state index is 13.6. The van der Waals surface area contributed by atoms with Gasteiger partial charge in [0.05, 0.1) is 0 Å². The normalized spacial score (nSPS) is 21.5. The van der Waals surface area contributed by atoms with Crippen LogP contribution >= 0.6 is 0 Å². The fourth-order valence-electron chi connectivity index (χ4n) is 2.36. The van der Waals surface area contributed by atoms with Gasteiger partial charge in [0.1, 0.15) is 0 Å². The lowest BCUT2D eigenvalue weighted by atomic mass is 9.89. The monoisotopic (exact) mass is 239 g/mol. The number of piperidine rings is 1. The van der Waals surface area contributed by atoms with Crippen LogP contribution in [-0.4, -0.2) is 13.1 Å². The first-order valence-corrected chi connectivity index (χ1v) is 6.32. The molecule has 1 aromatic carbocycles. The molecule has 1 fully saturated rings. The molecule has 1 unspecified atom stereocenters. The highest BCUT2D eigenvalue weighted by Gasteiger charge is 2.29. The summed E-state index contributed by atoms with van der Waals surface area (Å²) >= 11 is 0. The van der Waals surface area contributed by atoms with Crippen molar-refractivity contribution in [3.63, 3.8) is 0 Å². The molecule has 0 spiro atoms. The Balaban J connectivity index is 2.21. The Morgan fingerprint density at radius 2 is 2.24 bits per heavy atom. The van der Waals surface area contributed by atoms with Crippen LogP contribution in [0.5, 0.6) is 0 Å². The molecule has 0 radical (unpaired) electrons. The highest BCUT2D eigenvalue weighted by Crippen LogP contribution is 2.33. The van der Waals surface area contributed by atoms with Gasteiger partial charge in [-0.05, 0) is 36.9 Å². The minimum Gasteiger partial charge on any atom is -0.316 e. The summed E-state index contributed by atoms with van der Waals surface area (Å²) in [5, 5.41) is 3.32. The van der Waals surface area contributed by atoms with E-state index >= 15 is 0 Å². The Hall–Kier alpha value is -0.960. The third-order valence-electron chi connectivity index (χ3n) is 3.52. The predicted molar refractivity (Wildman–Crippen MR) is 65.5 cm³/mol. The van der Waals surface area contributed by atoms with E-state index in [9.17, 15) is 8.78 Å². The van der Waals surface area contributed by atoms with Crippen molar-refractivity contribution in [3.8, 4) is 0 Å². The summed E-state index contributed by atoms with van der Waals surface area (Å²) in [6.45, 7) is 3.47. The SMILES string of the molecule is CCC(F)(F)c1cccc(C2CCCNC2)c1. The topological polar surface area (TPSA) is 12.0 Å². The van der Waals surface area contributed by atoms with E-state index in [4.69, 9.17) is 0 Å². The highest BCUT2D eigenvalue weighted by atomic mass is 19.3. The van der Waals surface area contributed by atoms with E-state index in [0.29, 0.717) is 5.92 Å². The third-order valence-corrected chi connectivity index (χ3v) is 3.52. The lowest BCUT2D eigenvalue weighted by Crippen LogP contribution is -2.28. The Labute approximate surface area is 101 Å². The number of hydrogen-bond donors (Lipinski definition) is 1. The second-order valence-corrected chi connectivity index (χ2v) is 4.73. The summed E-state index contributed by atoms with van der Waals surface area (Å²) in [6, 6.07) is 6.93. The number of rotatable bonds is 3. The second kappa shape index (κ2) is 5.13. The standard InChI is InChI=1S/C14H19F2N/c1-2-14(15,16)13-7-3-5-11(9-13)12-6-4-8-17-10-12/h3,5,7,9,12,17H,2,4,6,8,10H2,1H3. The molecule has 1 aromatic rings. The molecule has 1 atom stereocenters. The molecular weight excluding hydrogens is 220 g/mol. The number of alkyl halides is 2. The first-order valence-electron chi connectivity index (χ1n) is 6.32. The van der Waals surface area contributed by atoms with Crippen molar-refractivity contribution >= 4 is 0 Å². The molecule has 2 rings (SSSR count). The number of nitrogens with one attached hydrogen (secondary N) is 1. The van der Waals surface area contributed by atoms with Gasteiger partial charge < -0.3 is 5.32 Å². The summed E-state index contributed by atoms with van der Waals surface area (Å²) in [5.74, 6) is -2.31. The van der Waals surface area contributed by atoms with Crippen LogP contribution in [0.1, 0.15) is 43.2 Å². The number of hydrogen-bond acceptors (Lipinski definition) is 1. The fourth-order valence-corrected chi connectivity index (χ4v) is 2.36. The van der Waals surface area contributed by atoms with Crippen LogP contribution in [0.25, 0.3) is 0 Å². The van der Waals surface area contributed by atoms with Crippen LogP contribution in [0.4, 0.5) is 8.78 Å². The number of benzene rings is 1. The molecule has 1 saturated heterocycles. The van der Waals surface area contributed by atoms with Crippen molar-refractivity contribution in [2.75, 3.05) is 13.1 Å². The molecule has 3 heteroatoms. The van der Waals surface area contributed by atoms with E-state index in [1.165, 1.54) is 13.0 Å². The molecule has 0 aromatic heterocycles. The van der Waals surface area contributed by atoms with Crippen LogP contribution < -0.4 is 5.32 Å². The van der Waals surface area contributed by atoms with Crippen molar-refractivity contribution < 1.29 is 8.78 Å². The summed E-state index contributed by atoms with van der Waals surface area (Å²) in [7, 11) is 0. The second-order valence-electron chi connectivity index (χ2n) is 4.73.